The summed E-state index contributed by atoms with van der Waals surface area (Å²) in [6.07, 6.45) is 0. The van der Waals surface area contributed by atoms with Crippen LogP contribution in [0.25, 0.3) is 97.4 Å². The number of rotatable bonds is 6. The summed E-state index contributed by atoms with van der Waals surface area (Å²) < 4.78 is 16.3. The molecule has 9 aromatic carbocycles. The number of benzene rings is 9. The average Bonchev–Trinajstić information content (AvgIpc) is 3.98. The fourth-order valence-electron chi connectivity index (χ4n) is 8.77. The van der Waals surface area contributed by atoms with E-state index >= 15 is 0 Å². The summed E-state index contributed by atoms with van der Waals surface area (Å²) in [5.41, 5.74) is 13.1. The molecule has 0 atom stereocenters. The predicted octanol–water partition coefficient (Wildman–Crippen LogP) is 16.3. The molecule has 0 saturated heterocycles. The normalized spacial score (nSPS) is 11.8. The van der Waals surface area contributed by atoms with Gasteiger partial charge in [-0.05, 0) is 94.5 Å². The molecule has 0 unspecified atom stereocenters. The van der Waals surface area contributed by atoms with Crippen molar-refractivity contribution in [1.29, 1.82) is 0 Å². The Morgan fingerprint density at radius 2 is 0.983 bits per heavy atom. The summed E-state index contributed by atoms with van der Waals surface area (Å²) in [6.45, 7) is 0. The van der Waals surface area contributed by atoms with Crippen LogP contribution in [0, 0.1) is 0 Å². The molecule has 0 bridgehead atoms. The molecule has 12 aromatic rings. The smallest absolute Gasteiger partial charge is 0.145 e. The van der Waals surface area contributed by atoms with Crippen molar-refractivity contribution in [3.8, 4) is 33.4 Å². The van der Waals surface area contributed by atoms with Crippen LogP contribution in [0.4, 0.5) is 17.1 Å². The Bertz CT molecular complexity index is 3510. The third kappa shape index (κ3) is 5.19. The number of para-hydroxylation sites is 1. The van der Waals surface area contributed by atoms with Crippen molar-refractivity contribution in [3.05, 3.63) is 200 Å². The molecule has 0 saturated carbocycles. The third-order valence-electron chi connectivity index (χ3n) is 11.5. The second kappa shape index (κ2) is 13.1. The van der Waals surface area contributed by atoms with Crippen LogP contribution >= 0.6 is 11.3 Å². The molecule has 0 aliphatic rings. The summed E-state index contributed by atoms with van der Waals surface area (Å²) in [4.78, 5) is 2.44. The van der Waals surface area contributed by atoms with Crippen molar-refractivity contribution >= 4 is 92.4 Å². The van der Waals surface area contributed by atoms with Crippen molar-refractivity contribution in [2.24, 2.45) is 0 Å². The molecular formula is C54H33NO2S. The minimum atomic E-state index is 0.839. The molecule has 0 spiro atoms. The van der Waals surface area contributed by atoms with Gasteiger partial charge in [0.2, 0.25) is 0 Å². The molecule has 0 aliphatic carbocycles. The maximum Gasteiger partial charge on any atom is 0.145 e. The SMILES string of the molecule is c1ccc(-c2ccc3c(c2)oc2c(-c4ccccc4)ccc(N(c4ccc5sc6ccccc6c5c4)c4cc(-c5ccccc5)cc5oc6ccccc6c45)c23)cc1. The van der Waals surface area contributed by atoms with E-state index in [1.165, 1.54) is 20.2 Å². The van der Waals surface area contributed by atoms with Gasteiger partial charge in [-0.15, -0.1) is 11.3 Å². The zero-order valence-corrected chi connectivity index (χ0v) is 32.0. The van der Waals surface area contributed by atoms with Crippen LogP contribution in [-0.2, 0) is 0 Å². The van der Waals surface area contributed by atoms with Gasteiger partial charge in [0.25, 0.3) is 0 Å². The van der Waals surface area contributed by atoms with Gasteiger partial charge in [-0.25, -0.2) is 0 Å². The molecule has 4 heteroatoms. The van der Waals surface area contributed by atoms with Gasteiger partial charge in [0, 0.05) is 42.2 Å². The van der Waals surface area contributed by atoms with Gasteiger partial charge in [-0.1, -0.05) is 133 Å². The number of thiophene rings is 1. The van der Waals surface area contributed by atoms with E-state index in [1.54, 1.807) is 0 Å². The highest BCUT2D eigenvalue weighted by Gasteiger charge is 2.26. The van der Waals surface area contributed by atoms with E-state index < -0.39 is 0 Å². The predicted molar refractivity (Wildman–Crippen MR) is 245 cm³/mol. The lowest BCUT2D eigenvalue weighted by molar-refractivity contribution is 0.669. The van der Waals surface area contributed by atoms with E-state index in [0.717, 1.165) is 94.3 Å². The van der Waals surface area contributed by atoms with Crippen LogP contribution in [0.2, 0.25) is 0 Å². The Balaban J connectivity index is 1.22. The molecule has 58 heavy (non-hydrogen) atoms. The van der Waals surface area contributed by atoms with Crippen LogP contribution in [0.15, 0.2) is 209 Å². The Morgan fingerprint density at radius 1 is 0.345 bits per heavy atom. The molecule has 272 valence electrons. The maximum atomic E-state index is 7.07. The fraction of sp³-hybridized carbons (Fsp3) is 0. The largest absolute Gasteiger partial charge is 0.456 e. The van der Waals surface area contributed by atoms with E-state index in [4.69, 9.17) is 8.83 Å². The van der Waals surface area contributed by atoms with Crippen LogP contribution in [0.1, 0.15) is 0 Å². The Hall–Kier alpha value is -7.40. The van der Waals surface area contributed by atoms with Gasteiger partial charge in [-0.2, -0.15) is 0 Å². The van der Waals surface area contributed by atoms with E-state index in [-0.39, 0.29) is 0 Å². The summed E-state index contributed by atoms with van der Waals surface area (Å²) in [5.74, 6) is 0. The highest BCUT2D eigenvalue weighted by Crippen LogP contribution is 2.51. The molecule has 0 radical (unpaired) electrons. The molecular weight excluding hydrogens is 727 g/mol. The highest BCUT2D eigenvalue weighted by atomic mass is 32.1. The van der Waals surface area contributed by atoms with E-state index in [1.807, 2.05) is 17.4 Å². The standard InChI is InChI=1S/C54H33NO2S/c1-4-14-34(15-5-1)37-24-26-43-48(31-37)57-54-40(36-18-8-3-9-19-36)27-28-45(53(43)54)55(39-25-29-51-44(33-39)41-20-11-13-23-50(41)58-51)46-30-38(35-16-6-2-7-17-35)32-49-52(46)42-21-10-12-22-47(42)56-49/h1-33H. The third-order valence-corrected chi connectivity index (χ3v) is 12.6. The maximum absolute atomic E-state index is 7.07. The highest BCUT2D eigenvalue weighted by molar-refractivity contribution is 7.25. The molecule has 0 aliphatic heterocycles. The lowest BCUT2D eigenvalue weighted by Crippen LogP contribution is -2.11. The average molecular weight is 760 g/mol. The van der Waals surface area contributed by atoms with E-state index in [0.29, 0.717) is 0 Å². The molecule has 0 N–H and O–H groups in total. The van der Waals surface area contributed by atoms with Gasteiger partial charge in [0.1, 0.15) is 22.3 Å². The molecule has 0 amide bonds. The zero-order chi connectivity index (χ0) is 38.2. The lowest BCUT2D eigenvalue weighted by atomic mass is 9.97. The lowest BCUT2D eigenvalue weighted by Gasteiger charge is -2.28. The van der Waals surface area contributed by atoms with Crippen molar-refractivity contribution in [2.45, 2.75) is 0 Å². The zero-order valence-electron chi connectivity index (χ0n) is 31.2. The summed E-state index contributed by atoms with van der Waals surface area (Å²) >= 11 is 1.84. The van der Waals surface area contributed by atoms with E-state index in [2.05, 4.69) is 199 Å². The number of fused-ring (bicyclic) bond motifs is 9. The van der Waals surface area contributed by atoms with Crippen molar-refractivity contribution in [3.63, 3.8) is 0 Å². The minimum absolute atomic E-state index is 0.839. The van der Waals surface area contributed by atoms with Gasteiger partial charge in [0.15, 0.2) is 0 Å². The second-order valence-electron chi connectivity index (χ2n) is 14.8. The summed E-state index contributed by atoms with van der Waals surface area (Å²) in [6, 6.07) is 71.4. The first-order valence-corrected chi connectivity index (χ1v) is 20.4. The number of anilines is 3. The molecule has 3 heterocycles. The quantitative estimate of drug-likeness (QED) is 0.169. The van der Waals surface area contributed by atoms with Crippen molar-refractivity contribution in [2.75, 3.05) is 4.90 Å². The van der Waals surface area contributed by atoms with E-state index in [9.17, 15) is 0 Å². The first-order chi connectivity index (χ1) is 28.7. The van der Waals surface area contributed by atoms with Gasteiger partial charge in [-0.3, -0.25) is 0 Å². The first-order valence-electron chi connectivity index (χ1n) is 19.6. The Labute approximate surface area is 338 Å². The monoisotopic (exact) mass is 759 g/mol. The van der Waals surface area contributed by atoms with Gasteiger partial charge in [0.05, 0.1) is 22.1 Å². The topological polar surface area (TPSA) is 29.5 Å². The number of hydrogen-bond donors (Lipinski definition) is 0. The van der Waals surface area contributed by atoms with Crippen LogP contribution in [0.3, 0.4) is 0 Å². The molecule has 0 fully saturated rings. The number of furan rings is 2. The minimum Gasteiger partial charge on any atom is -0.456 e. The van der Waals surface area contributed by atoms with Gasteiger partial charge < -0.3 is 13.7 Å². The summed E-state index contributed by atoms with van der Waals surface area (Å²) in [7, 11) is 0. The Kier molecular flexibility index (Phi) is 7.40. The molecule has 12 rings (SSSR count). The van der Waals surface area contributed by atoms with Crippen LogP contribution < -0.4 is 4.90 Å². The molecule has 3 nitrogen and oxygen atoms in total. The Morgan fingerprint density at radius 3 is 1.78 bits per heavy atom. The van der Waals surface area contributed by atoms with Crippen molar-refractivity contribution < 1.29 is 8.83 Å². The first kappa shape index (κ1) is 32.8. The fourth-order valence-corrected chi connectivity index (χ4v) is 9.86. The number of hydrogen-bond acceptors (Lipinski definition) is 4. The molecule has 3 aromatic heterocycles. The van der Waals surface area contributed by atoms with Crippen molar-refractivity contribution in [1.82, 2.24) is 0 Å². The summed E-state index contributed by atoms with van der Waals surface area (Å²) in [5, 5.41) is 6.73. The van der Waals surface area contributed by atoms with Gasteiger partial charge >= 0.3 is 0 Å². The number of nitrogens with zero attached hydrogens (tertiary/aromatic N) is 1. The van der Waals surface area contributed by atoms with Crippen LogP contribution in [0.5, 0.6) is 0 Å². The van der Waals surface area contributed by atoms with Crippen LogP contribution in [-0.4, -0.2) is 0 Å². The second-order valence-corrected chi connectivity index (χ2v) is 15.9.